The van der Waals surface area contributed by atoms with E-state index < -0.39 is 41.0 Å². The molecule has 12 heteroatoms. The van der Waals surface area contributed by atoms with Crippen molar-refractivity contribution in [3.8, 4) is 11.5 Å². The van der Waals surface area contributed by atoms with Crippen molar-refractivity contribution in [2.24, 2.45) is 11.1 Å². The van der Waals surface area contributed by atoms with E-state index in [1.807, 2.05) is 0 Å². The maximum atomic E-state index is 15.4. The first-order chi connectivity index (χ1) is 18.7. The number of ether oxygens (including phenoxy) is 1. The number of nitrogens with zero attached hydrogens (tertiary/aromatic N) is 3. The van der Waals surface area contributed by atoms with Crippen LogP contribution in [0.15, 0.2) is 60.8 Å². The summed E-state index contributed by atoms with van der Waals surface area (Å²) in [5.41, 5.74) is 4.04. The van der Waals surface area contributed by atoms with Crippen molar-refractivity contribution in [2.45, 2.75) is 25.4 Å². The normalized spacial score (nSPS) is 17.4. The molecule has 0 unspecified atom stereocenters. The molecule has 1 aliphatic carbocycles. The van der Waals surface area contributed by atoms with E-state index in [4.69, 9.17) is 10.5 Å². The van der Waals surface area contributed by atoms with Gasteiger partial charge in [0, 0.05) is 37.1 Å². The van der Waals surface area contributed by atoms with Gasteiger partial charge in [-0.05, 0) is 61.7 Å². The molecular weight excluding hydrogens is 512 g/mol. The summed E-state index contributed by atoms with van der Waals surface area (Å²) in [6, 6.07) is 11.2. The van der Waals surface area contributed by atoms with Crippen molar-refractivity contribution in [1.29, 1.82) is 0 Å². The first-order valence-corrected chi connectivity index (χ1v) is 12.2. The summed E-state index contributed by atoms with van der Waals surface area (Å²) in [5, 5.41) is 12.3. The summed E-state index contributed by atoms with van der Waals surface area (Å²) in [5.74, 6) is -2.34. The van der Waals surface area contributed by atoms with E-state index in [1.165, 1.54) is 47.5 Å². The van der Waals surface area contributed by atoms with Crippen LogP contribution in [0.3, 0.4) is 0 Å². The zero-order valence-electron chi connectivity index (χ0n) is 20.6. The number of primary amides is 1. The molecule has 0 spiro atoms. The third kappa shape index (κ3) is 5.36. The van der Waals surface area contributed by atoms with E-state index in [0.717, 1.165) is 23.1 Å². The van der Waals surface area contributed by atoms with Gasteiger partial charge in [0.15, 0.2) is 5.82 Å². The first-order valence-electron chi connectivity index (χ1n) is 12.2. The van der Waals surface area contributed by atoms with Gasteiger partial charge >= 0.3 is 6.03 Å². The first kappa shape index (κ1) is 26.0. The third-order valence-electron chi connectivity index (χ3n) is 6.73. The number of carbonyl (C=O) groups is 3. The summed E-state index contributed by atoms with van der Waals surface area (Å²) in [6.45, 7) is 0.651. The molecule has 4 amide bonds. The van der Waals surface area contributed by atoms with E-state index in [-0.39, 0.29) is 48.1 Å². The highest BCUT2D eigenvalue weighted by atomic mass is 19.1. The largest absolute Gasteiger partial charge is 0.457 e. The second-order valence-electron chi connectivity index (χ2n) is 9.47. The van der Waals surface area contributed by atoms with Gasteiger partial charge in [0.25, 0.3) is 0 Å². The molecule has 2 fully saturated rings. The summed E-state index contributed by atoms with van der Waals surface area (Å²) in [6.07, 6.45) is 1.82. The number of likely N-dealkylation sites (tertiary alicyclic amines) is 1. The molecule has 5 rings (SSSR count). The van der Waals surface area contributed by atoms with E-state index in [0.29, 0.717) is 13.0 Å². The molecule has 1 aromatic heterocycles. The number of benzene rings is 2. The minimum atomic E-state index is -1.44. The molecule has 4 N–H and O–H groups in total. The van der Waals surface area contributed by atoms with Crippen molar-refractivity contribution in [3.63, 3.8) is 0 Å². The molecule has 2 aliphatic rings. The molecule has 1 aliphatic heterocycles. The van der Waals surface area contributed by atoms with Crippen LogP contribution >= 0.6 is 0 Å². The van der Waals surface area contributed by atoms with Crippen LogP contribution in [0.25, 0.3) is 0 Å². The summed E-state index contributed by atoms with van der Waals surface area (Å²) < 4.78 is 34.7. The topological polar surface area (TPSA) is 138 Å². The smallest absolute Gasteiger partial charge is 0.323 e. The Kier molecular flexibility index (Phi) is 6.87. The number of nitrogens with one attached hydrogen (secondary N) is 1. The number of aliphatic hydroxyl groups is 1. The van der Waals surface area contributed by atoms with Gasteiger partial charge in [-0.15, -0.1) is 0 Å². The molecule has 0 bridgehead atoms. The third-order valence-corrected chi connectivity index (χ3v) is 6.73. The number of nitrogens with two attached hydrogens (primary N) is 1. The van der Waals surface area contributed by atoms with E-state index in [1.54, 1.807) is 0 Å². The Morgan fingerprint density at radius 1 is 1.08 bits per heavy atom. The van der Waals surface area contributed by atoms with Crippen LogP contribution in [0.1, 0.15) is 19.3 Å². The fourth-order valence-corrected chi connectivity index (χ4v) is 4.39. The Bertz CT molecular complexity index is 1430. The predicted octanol–water partition coefficient (Wildman–Crippen LogP) is 3.68. The minimum absolute atomic E-state index is 0.0879. The van der Waals surface area contributed by atoms with Crippen LogP contribution in [0.4, 0.5) is 30.8 Å². The van der Waals surface area contributed by atoms with Gasteiger partial charge in [0.05, 0.1) is 11.8 Å². The second-order valence-corrected chi connectivity index (χ2v) is 9.47. The van der Waals surface area contributed by atoms with Gasteiger partial charge in [-0.1, -0.05) is 0 Å². The zero-order chi connectivity index (χ0) is 27.7. The number of carbonyl (C=O) groups excluding carboxylic acids is 3. The summed E-state index contributed by atoms with van der Waals surface area (Å²) in [7, 11) is 0. The van der Waals surface area contributed by atoms with Crippen molar-refractivity contribution in [3.05, 3.63) is 72.4 Å². The standard InChI is InChI=1S/C27H25F2N5O5/c28-16-1-3-17(4-2-16)34(25(37)27(9-10-27)24(30)36)22-6-5-19(13-21(22)29)39-20-7-11-31-23(14-20)32-26(38)33-12-8-18(35)15-33/h1-7,11,13-14,18,35H,8-10,12,15H2,(H2,30,36)(H,31,32,38)/t18-/m1/s1. The van der Waals surface area contributed by atoms with Crippen LogP contribution < -0.4 is 20.7 Å². The fourth-order valence-electron chi connectivity index (χ4n) is 4.39. The molecule has 0 radical (unpaired) electrons. The maximum absolute atomic E-state index is 15.4. The van der Waals surface area contributed by atoms with Crippen LogP contribution in [-0.2, 0) is 9.59 Å². The number of rotatable bonds is 7. The highest BCUT2D eigenvalue weighted by molar-refractivity contribution is 6.16. The van der Waals surface area contributed by atoms with Gasteiger partial charge in [-0.25, -0.2) is 18.6 Å². The monoisotopic (exact) mass is 537 g/mol. The average molecular weight is 538 g/mol. The van der Waals surface area contributed by atoms with Gasteiger partial charge in [-0.2, -0.15) is 0 Å². The Labute approximate surface area is 222 Å². The van der Waals surface area contributed by atoms with E-state index in [9.17, 15) is 23.9 Å². The highest BCUT2D eigenvalue weighted by Gasteiger charge is 2.57. The van der Waals surface area contributed by atoms with Crippen LogP contribution in [0.2, 0.25) is 0 Å². The summed E-state index contributed by atoms with van der Waals surface area (Å²) >= 11 is 0. The average Bonchev–Trinajstić information content (AvgIpc) is 3.61. The number of halogens is 2. The van der Waals surface area contributed by atoms with Gasteiger partial charge in [-0.3, -0.25) is 19.8 Å². The Morgan fingerprint density at radius 3 is 2.41 bits per heavy atom. The molecule has 1 saturated heterocycles. The number of hydrogen-bond donors (Lipinski definition) is 3. The Hall–Kier alpha value is -4.58. The van der Waals surface area contributed by atoms with Crippen LogP contribution in [0.5, 0.6) is 11.5 Å². The molecule has 3 aromatic rings. The Balaban J connectivity index is 1.37. The van der Waals surface area contributed by atoms with Crippen molar-refractivity contribution in [1.82, 2.24) is 9.88 Å². The highest BCUT2D eigenvalue weighted by Crippen LogP contribution is 2.49. The van der Waals surface area contributed by atoms with Crippen molar-refractivity contribution < 1.29 is 33.0 Å². The molecule has 2 heterocycles. The number of pyridine rings is 1. The predicted molar refractivity (Wildman–Crippen MR) is 136 cm³/mol. The lowest BCUT2D eigenvalue weighted by Crippen LogP contribution is -2.41. The molecule has 10 nitrogen and oxygen atoms in total. The number of β-amino-alcohol motifs (C(OH)–C–C–N with tert-alkyl or cyclic N) is 1. The van der Waals surface area contributed by atoms with Crippen molar-refractivity contribution >= 4 is 35.0 Å². The molecular formula is C27H25F2N5O5. The number of hydrogen-bond acceptors (Lipinski definition) is 6. The van der Waals surface area contributed by atoms with Crippen molar-refractivity contribution in [2.75, 3.05) is 23.3 Å². The van der Waals surface area contributed by atoms with Crippen LogP contribution in [0, 0.1) is 17.0 Å². The lowest BCUT2D eigenvalue weighted by molar-refractivity contribution is -0.133. The SMILES string of the molecule is NC(=O)C1(C(=O)N(c2ccc(F)cc2)c2ccc(Oc3ccnc(NC(=O)N4CC[C@@H](O)C4)c3)cc2F)CC1. The second kappa shape index (κ2) is 10.3. The van der Waals surface area contributed by atoms with E-state index >= 15 is 4.39 Å². The molecule has 202 valence electrons. The van der Waals surface area contributed by atoms with Crippen LogP contribution in [-0.4, -0.2) is 52.0 Å². The number of aromatic nitrogens is 1. The number of amides is 4. The fraction of sp³-hybridized carbons (Fsp3) is 0.259. The number of anilines is 3. The molecule has 2 aromatic carbocycles. The maximum Gasteiger partial charge on any atom is 0.323 e. The minimum Gasteiger partial charge on any atom is -0.457 e. The lowest BCUT2D eigenvalue weighted by Gasteiger charge is -2.27. The molecule has 1 atom stereocenters. The number of urea groups is 1. The molecule has 1 saturated carbocycles. The molecule has 39 heavy (non-hydrogen) atoms. The van der Waals surface area contributed by atoms with Gasteiger partial charge in [0.1, 0.15) is 28.5 Å². The zero-order valence-corrected chi connectivity index (χ0v) is 20.6. The van der Waals surface area contributed by atoms with Gasteiger partial charge < -0.3 is 20.5 Å². The lowest BCUT2D eigenvalue weighted by atomic mass is 10.0. The summed E-state index contributed by atoms with van der Waals surface area (Å²) in [4.78, 5) is 44.4. The van der Waals surface area contributed by atoms with Gasteiger partial charge in [0.2, 0.25) is 11.8 Å². The quantitative estimate of drug-likeness (QED) is 0.393. The Morgan fingerprint density at radius 2 is 1.79 bits per heavy atom. The van der Waals surface area contributed by atoms with E-state index in [2.05, 4.69) is 10.3 Å². The number of aliphatic hydroxyl groups excluding tert-OH is 1.